The van der Waals surface area contributed by atoms with Crippen molar-refractivity contribution in [2.45, 2.75) is 27.7 Å². The number of benzene rings is 2. The van der Waals surface area contributed by atoms with Crippen molar-refractivity contribution in [2.75, 3.05) is 62.7 Å². The van der Waals surface area contributed by atoms with Crippen LogP contribution in [0.15, 0.2) is 36.4 Å². The Balaban J connectivity index is 1.67. The molecule has 0 amide bonds. The van der Waals surface area contributed by atoms with Crippen LogP contribution in [-0.2, 0) is 0 Å². The number of hydrogen-bond acceptors (Lipinski definition) is 8. The first kappa shape index (κ1) is 25.2. The van der Waals surface area contributed by atoms with Crippen LogP contribution >= 0.6 is 22.7 Å². The number of rotatable bonds is 14. The lowest BCUT2D eigenvalue weighted by Crippen LogP contribution is -2.40. The number of thiophene rings is 2. The highest BCUT2D eigenvalue weighted by Crippen LogP contribution is 2.45. The number of fused-ring (bicyclic) bond motifs is 5. The van der Waals surface area contributed by atoms with E-state index in [2.05, 4.69) is 95.2 Å². The molecule has 0 saturated heterocycles. The van der Waals surface area contributed by atoms with Gasteiger partial charge in [0.25, 0.3) is 0 Å². The van der Waals surface area contributed by atoms with Crippen LogP contribution in [0.1, 0.15) is 27.7 Å². The average molecular weight is 499 g/mol. The Hall–Kier alpha value is -1.94. The van der Waals surface area contributed by atoms with Gasteiger partial charge in [0.1, 0.15) is 0 Å². The molecule has 0 aliphatic heterocycles. The van der Waals surface area contributed by atoms with Crippen LogP contribution in [0.3, 0.4) is 0 Å². The van der Waals surface area contributed by atoms with Gasteiger partial charge in [-0.3, -0.25) is 0 Å². The third-order valence-corrected chi connectivity index (χ3v) is 8.49. The maximum absolute atomic E-state index is 3.47. The van der Waals surface area contributed by atoms with Gasteiger partial charge in [-0.15, -0.1) is 22.7 Å². The summed E-state index contributed by atoms with van der Waals surface area (Å²) < 4.78 is 5.55. The van der Waals surface area contributed by atoms with Gasteiger partial charge in [0.2, 0.25) is 0 Å². The van der Waals surface area contributed by atoms with Gasteiger partial charge < -0.3 is 31.1 Å². The van der Waals surface area contributed by atoms with Gasteiger partial charge in [-0.05, 0) is 50.4 Å². The first-order valence-electron chi connectivity index (χ1n) is 12.4. The van der Waals surface area contributed by atoms with Gasteiger partial charge in [-0.2, -0.15) is 0 Å². The molecule has 0 spiro atoms. The Morgan fingerprint density at radius 3 is 1.24 bits per heavy atom. The molecular formula is C26H38N6S2. The molecule has 0 fully saturated rings. The summed E-state index contributed by atoms with van der Waals surface area (Å²) in [6.07, 6.45) is 0. The van der Waals surface area contributed by atoms with E-state index < -0.39 is 0 Å². The van der Waals surface area contributed by atoms with Crippen LogP contribution in [0, 0.1) is 0 Å². The van der Waals surface area contributed by atoms with Crippen molar-refractivity contribution in [2.24, 2.45) is 0 Å². The first-order chi connectivity index (χ1) is 16.7. The molecule has 34 heavy (non-hydrogen) atoms. The monoisotopic (exact) mass is 498 g/mol. The maximum atomic E-state index is 3.47. The molecule has 0 aliphatic carbocycles. The van der Waals surface area contributed by atoms with Crippen LogP contribution in [-0.4, -0.2) is 52.9 Å². The summed E-state index contributed by atoms with van der Waals surface area (Å²) in [6.45, 7) is 15.8. The number of nitrogens with zero attached hydrogens (tertiary/aromatic N) is 2. The third kappa shape index (κ3) is 5.48. The highest BCUT2D eigenvalue weighted by atomic mass is 32.1. The second-order valence-electron chi connectivity index (χ2n) is 8.35. The summed E-state index contributed by atoms with van der Waals surface area (Å²) >= 11 is 3.85. The van der Waals surface area contributed by atoms with Crippen molar-refractivity contribution < 1.29 is 0 Å². The lowest BCUT2D eigenvalue weighted by Gasteiger charge is -2.25. The van der Waals surface area contributed by atoms with Crippen molar-refractivity contribution in [3.8, 4) is 0 Å². The molecule has 6 nitrogen and oxygen atoms in total. The van der Waals surface area contributed by atoms with Crippen molar-refractivity contribution in [3.63, 3.8) is 0 Å². The van der Waals surface area contributed by atoms with Crippen molar-refractivity contribution in [3.05, 3.63) is 36.4 Å². The third-order valence-electron chi connectivity index (χ3n) is 5.99. The van der Waals surface area contributed by atoms with Gasteiger partial charge >= 0.3 is 0 Å². The predicted octanol–water partition coefficient (Wildman–Crippen LogP) is 5.15. The molecule has 0 bridgehead atoms. The molecule has 0 unspecified atom stereocenters. The lowest BCUT2D eigenvalue weighted by atomic mass is 10.2. The summed E-state index contributed by atoms with van der Waals surface area (Å²) in [5, 5.41) is 16.6. The summed E-state index contributed by atoms with van der Waals surface area (Å²) in [5.74, 6) is 0. The van der Waals surface area contributed by atoms with E-state index in [-0.39, 0.29) is 0 Å². The largest absolute Gasteiger partial charge is 0.346 e. The van der Waals surface area contributed by atoms with Crippen LogP contribution in [0.5, 0.6) is 0 Å². The second kappa shape index (κ2) is 12.2. The van der Waals surface area contributed by atoms with Crippen LogP contribution in [0.25, 0.3) is 29.6 Å². The highest BCUT2D eigenvalue weighted by molar-refractivity contribution is 7.36. The average Bonchev–Trinajstić information content (AvgIpc) is 3.39. The minimum Gasteiger partial charge on any atom is -0.346 e. The summed E-state index contributed by atoms with van der Waals surface area (Å²) in [6, 6.07) is 13.9. The number of anilines is 2. The number of nitrogens with one attached hydrogen (secondary N) is 4. The van der Waals surface area contributed by atoms with Gasteiger partial charge in [-0.25, -0.2) is 0 Å². The molecule has 2 aromatic heterocycles. The molecular weight excluding hydrogens is 460 g/mol. The Kier molecular flexibility index (Phi) is 8.99. The topological polar surface area (TPSA) is 54.6 Å². The molecule has 4 rings (SSSR count). The minimum atomic E-state index is 0.844. The molecule has 0 saturated carbocycles. The minimum absolute atomic E-state index is 0.844. The summed E-state index contributed by atoms with van der Waals surface area (Å²) in [5.41, 5.74) is 2.52. The smallest absolute Gasteiger partial charge is 0.0694 e. The zero-order valence-electron chi connectivity index (χ0n) is 20.8. The van der Waals surface area contributed by atoms with E-state index in [1.165, 1.54) is 40.9 Å². The molecule has 2 heterocycles. The maximum Gasteiger partial charge on any atom is 0.0694 e. The molecule has 4 aromatic rings. The standard InChI is InChI=1S/C26H38N6S2/c1-5-27-15-31(16-28-6-2)19-9-11-21-23(13-19)33-26-22-12-10-20(14-24(22)34-25(21)26)32(17-29-7-3)18-30-8-4/h9-14,27-30H,5-8,15-18H2,1-4H3. The van der Waals surface area contributed by atoms with E-state index in [4.69, 9.17) is 0 Å². The van der Waals surface area contributed by atoms with E-state index in [1.54, 1.807) is 0 Å². The van der Waals surface area contributed by atoms with Crippen molar-refractivity contribution in [1.82, 2.24) is 21.3 Å². The molecule has 184 valence electrons. The van der Waals surface area contributed by atoms with E-state index in [9.17, 15) is 0 Å². The fraction of sp³-hybridized carbons (Fsp3) is 0.462. The quantitative estimate of drug-likeness (QED) is 0.180. The van der Waals surface area contributed by atoms with E-state index in [0.29, 0.717) is 0 Å². The summed E-state index contributed by atoms with van der Waals surface area (Å²) in [4.78, 5) is 4.74. The zero-order valence-corrected chi connectivity index (χ0v) is 22.5. The van der Waals surface area contributed by atoms with Gasteiger partial charge in [0.15, 0.2) is 0 Å². The van der Waals surface area contributed by atoms with E-state index in [0.717, 1.165) is 52.9 Å². The SMILES string of the molecule is CCNCN(CNCC)c1ccc2c(c1)sc1c3ccc(N(CNCC)CNCC)cc3sc21. The van der Waals surface area contributed by atoms with E-state index >= 15 is 0 Å². The molecule has 8 heteroatoms. The van der Waals surface area contributed by atoms with Gasteiger partial charge in [-0.1, -0.05) is 39.8 Å². The van der Waals surface area contributed by atoms with Crippen molar-refractivity contribution in [1.29, 1.82) is 0 Å². The molecule has 0 aliphatic rings. The Morgan fingerprint density at radius 1 is 0.559 bits per heavy atom. The molecule has 0 atom stereocenters. The van der Waals surface area contributed by atoms with Crippen molar-refractivity contribution >= 4 is 63.6 Å². The predicted molar refractivity (Wildman–Crippen MR) is 154 cm³/mol. The lowest BCUT2D eigenvalue weighted by molar-refractivity contribution is 0.615. The van der Waals surface area contributed by atoms with Gasteiger partial charge in [0.05, 0.1) is 36.1 Å². The zero-order chi connectivity index (χ0) is 23.9. The highest BCUT2D eigenvalue weighted by Gasteiger charge is 2.15. The van der Waals surface area contributed by atoms with Gasteiger partial charge in [0, 0.05) is 31.5 Å². The van der Waals surface area contributed by atoms with E-state index in [1.807, 2.05) is 22.7 Å². The van der Waals surface area contributed by atoms with Crippen LogP contribution < -0.4 is 31.1 Å². The Bertz CT molecular complexity index is 1090. The Morgan fingerprint density at radius 2 is 0.912 bits per heavy atom. The van der Waals surface area contributed by atoms with Crippen LogP contribution in [0.4, 0.5) is 11.4 Å². The second-order valence-corrected chi connectivity index (χ2v) is 10.5. The fourth-order valence-electron chi connectivity index (χ4n) is 4.09. The summed E-state index contributed by atoms with van der Waals surface area (Å²) in [7, 11) is 0. The molecule has 2 aromatic carbocycles. The molecule has 4 N–H and O–H groups in total. The van der Waals surface area contributed by atoms with Crippen LogP contribution in [0.2, 0.25) is 0 Å². The first-order valence-corrected chi connectivity index (χ1v) is 14.0. The number of hydrogen-bond donors (Lipinski definition) is 4. The normalized spacial score (nSPS) is 11.8. The molecule has 0 radical (unpaired) electrons. The fourth-order valence-corrected chi connectivity index (χ4v) is 6.81. The Labute approximate surface area is 211 Å².